The second-order valence-electron chi connectivity index (χ2n) is 6.34. The van der Waals surface area contributed by atoms with Gasteiger partial charge in [0.15, 0.2) is 0 Å². The van der Waals surface area contributed by atoms with Crippen molar-refractivity contribution in [2.75, 3.05) is 24.6 Å². The molecule has 0 saturated carbocycles. The third-order valence-corrected chi connectivity index (χ3v) is 3.96. The maximum absolute atomic E-state index is 5.73. The van der Waals surface area contributed by atoms with Crippen molar-refractivity contribution in [3.8, 4) is 0 Å². The van der Waals surface area contributed by atoms with E-state index in [1.165, 1.54) is 11.3 Å². The molecule has 0 amide bonds. The monoisotopic (exact) mass is 291 g/mol. The van der Waals surface area contributed by atoms with E-state index in [4.69, 9.17) is 9.72 Å². The Morgan fingerprint density at radius 3 is 2.81 bits per heavy atom. The van der Waals surface area contributed by atoms with Crippen molar-refractivity contribution < 1.29 is 4.74 Å². The smallest absolute Gasteiger partial charge is 0.129 e. The van der Waals surface area contributed by atoms with Crippen LogP contribution in [0.1, 0.15) is 51.8 Å². The third kappa shape index (κ3) is 4.17. The number of ether oxygens (including phenoxy) is 1. The van der Waals surface area contributed by atoms with Crippen molar-refractivity contribution >= 4 is 5.82 Å². The first-order chi connectivity index (χ1) is 10.0. The highest BCUT2D eigenvalue weighted by Crippen LogP contribution is 2.24. The summed E-state index contributed by atoms with van der Waals surface area (Å²) in [5, 5.41) is 3.41. The van der Waals surface area contributed by atoms with Crippen LogP contribution in [0.4, 0.5) is 5.82 Å². The summed E-state index contributed by atoms with van der Waals surface area (Å²) in [5.74, 6) is 1.54. The zero-order chi connectivity index (χ0) is 15.4. The highest BCUT2D eigenvalue weighted by Gasteiger charge is 2.25. The molecule has 1 N–H and O–H groups in total. The fourth-order valence-corrected chi connectivity index (χ4v) is 2.63. The maximum Gasteiger partial charge on any atom is 0.129 e. The molecule has 2 atom stereocenters. The second kappa shape index (κ2) is 7.23. The number of nitrogens with zero attached hydrogens (tertiary/aromatic N) is 2. The van der Waals surface area contributed by atoms with Gasteiger partial charge in [-0.05, 0) is 44.0 Å². The van der Waals surface area contributed by atoms with Crippen LogP contribution in [0.15, 0.2) is 12.1 Å². The molecule has 0 aromatic carbocycles. The molecule has 4 nitrogen and oxygen atoms in total. The number of morpholine rings is 1. The lowest BCUT2D eigenvalue weighted by molar-refractivity contribution is 0.0340. The van der Waals surface area contributed by atoms with E-state index in [1.54, 1.807) is 0 Å². The number of anilines is 1. The predicted octanol–water partition coefficient (Wildman–Crippen LogP) is 2.93. The topological polar surface area (TPSA) is 37.4 Å². The van der Waals surface area contributed by atoms with Gasteiger partial charge in [-0.1, -0.05) is 20.8 Å². The number of nitrogens with one attached hydrogen (secondary N) is 1. The van der Waals surface area contributed by atoms with E-state index >= 15 is 0 Å². The Morgan fingerprint density at radius 1 is 1.38 bits per heavy atom. The third-order valence-electron chi connectivity index (χ3n) is 3.96. The Kier molecular flexibility index (Phi) is 5.59. The van der Waals surface area contributed by atoms with Crippen LogP contribution in [0.2, 0.25) is 0 Å². The molecule has 2 heterocycles. The summed E-state index contributed by atoms with van der Waals surface area (Å²) < 4.78 is 5.73. The normalized spacial score (nSPS) is 22.9. The van der Waals surface area contributed by atoms with Gasteiger partial charge in [0.25, 0.3) is 0 Å². The SMILES string of the molecule is CCNCc1cc(C(C)C)nc(N2CC(C)OCC2C)c1. The molecule has 21 heavy (non-hydrogen) atoms. The average Bonchev–Trinajstić information content (AvgIpc) is 2.47. The molecule has 0 bridgehead atoms. The van der Waals surface area contributed by atoms with Crippen LogP contribution in [0, 0.1) is 0 Å². The van der Waals surface area contributed by atoms with E-state index in [0.717, 1.165) is 32.1 Å². The fourth-order valence-electron chi connectivity index (χ4n) is 2.63. The van der Waals surface area contributed by atoms with Crippen LogP contribution in [-0.4, -0.2) is 36.8 Å². The van der Waals surface area contributed by atoms with Gasteiger partial charge in [-0.15, -0.1) is 0 Å². The van der Waals surface area contributed by atoms with Crippen molar-refractivity contribution in [2.45, 2.75) is 59.2 Å². The lowest BCUT2D eigenvalue weighted by Gasteiger charge is -2.38. The van der Waals surface area contributed by atoms with E-state index in [2.05, 4.69) is 57.0 Å². The standard InChI is InChI=1S/C17H29N3O/c1-6-18-9-15-7-16(12(2)3)19-17(8-15)20-10-14(5)21-11-13(20)4/h7-8,12-14,18H,6,9-11H2,1-5H3. The summed E-state index contributed by atoms with van der Waals surface area (Å²) in [7, 11) is 0. The fraction of sp³-hybridized carbons (Fsp3) is 0.706. The van der Waals surface area contributed by atoms with Gasteiger partial charge in [0, 0.05) is 18.8 Å². The molecule has 0 radical (unpaired) electrons. The van der Waals surface area contributed by atoms with Gasteiger partial charge < -0.3 is 15.0 Å². The van der Waals surface area contributed by atoms with Crippen molar-refractivity contribution in [3.05, 3.63) is 23.4 Å². The molecule has 118 valence electrons. The summed E-state index contributed by atoms with van der Waals surface area (Å²) in [4.78, 5) is 7.28. The largest absolute Gasteiger partial charge is 0.375 e. The maximum atomic E-state index is 5.73. The molecule has 0 spiro atoms. The molecule has 1 saturated heterocycles. The summed E-state index contributed by atoms with van der Waals surface area (Å²) in [6, 6.07) is 4.83. The minimum atomic E-state index is 0.267. The molecule has 1 aromatic rings. The predicted molar refractivity (Wildman–Crippen MR) is 87.9 cm³/mol. The molecule has 0 aliphatic carbocycles. The van der Waals surface area contributed by atoms with Crippen LogP contribution >= 0.6 is 0 Å². The number of aromatic nitrogens is 1. The van der Waals surface area contributed by atoms with E-state index in [0.29, 0.717) is 12.0 Å². The Morgan fingerprint density at radius 2 is 2.14 bits per heavy atom. The molecule has 1 fully saturated rings. The quantitative estimate of drug-likeness (QED) is 0.905. The molecule has 4 heteroatoms. The lowest BCUT2D eigenvalue weighted by atomic mass is 10.1. The molecule has 1 aliphatic rings. The average molecular weight is 291 g/mol. The number of hydrogen-bond donors (Lipinski definition) is 1. The van der Waals surface area contributed by atoms with Crippen molar-refractivity contribution in [2.24, 2.45) is 0 Å². The molecule has 1 aromatic heterocycles. The van der Waals surface area contributed by atoms with Gasteiger partial charge in [0.05, 0.1) is 18.8 Å². The van der Waals surface area contributed by atoms with Crippen LogP contribution in [0.3, 0.4) is 0 Å². The van der Waals surface area contributed by atoms with Crippen LogP contribution in [0.5, 0.6) is 0 Å². The zero-order valence-corrected chi connectivity index (χ0v) is 14.0. The van der Waals surface area contributed by atoms with Gasteiger partial charge >= 0.3 is 0 Å². The van der Waals surface area contributed by atoms with Crippen LogP contribution in [-0.2, 0) is 11.3 Å². The first-order valence-electron chi connectivity index (χ1n) is 8.11. The summed E-state index contributed by atoms with van der Waals surface area (Å²) in [5.41, 5.74) is 2.49. The van der Waals surface area contributed by atoms with Crippen LogP contribution in [0.25, 0.3) is 0 Å². The van der Waals surface area contributed by atoms with Gasteiger partial charge in [-0.2, -0.15) is 0 Å². The summed E-state index contributed by atoms with van der Waals surface area (Å²) in [6.07, 6.45) is 0.267. The number of hydrogen-bond acceptors (Lipinski definition) is 4. The number of pyridine rings is 1. The van der Waals surface area contributed by atoms with Crippen molar-refractivity contribution in [1.29, 1.82) is 0 Å². The van der Waals surface area contributed by atoms with Gasteiger partial charge in [0.1, 0.15) is 5.82 Å². The zero-order valence-electron chi connectivity index (χ0n) is 14.0. The molecule has 2 unspecified atom stereocenters. The Bertz CT molecular complexity index is 461. The molecular weight excluding hydrogens is 262 g/mol. The van der Waals surface area contributed by atoms with Crippen molar-refractivity contribution in [1.82, 2.24) is 10.3 Å². The Hall–Kier alpha value is -1.13. The first kappa shape index (κ1) is 16.2. The minimum Gasteiger partial charge on any atom is -0.375 e. The highest BCUT2D eigenvalue weighted by atomic mass is 16.5. The molecule has 2 rings (SSSR count). The minimum absolute atomic E-state index is 0.267. The highest BCUT2D eigenvalue weighted by molar-refractivity contribution is 5.45. The Labute approximate surface area is 128 Å². The molecule has 1 aliphatic heterocycles. The van der Waals surface area contributed by atoms with Crippen molar-refractivity contribution in [3.63, 3.8) is 0 Å². The summed E-state index contributed by atoms with van der Waals surface area (Å²) in [6.45, 7) is 14.5. The van der Waals surface area contributed by atoms with E-state index < -0.39 is 0 Å². The van der Waals surface area contributed by atoms with Crippen LogP contribution < -0.4 is 10.2 Å². The van der Waals surface area contributed by atoms with Gasteiger partial charge in [-0.25, -0.2) is 4.98 Å². The lowest BCUT2D eigenvalue weighted by Crippen LogP contribution is -2.47. The summed E-state index contributed by atoms with van der Waals surface area (Å²) >= 11 is 0. The van der Waals surface area contributed by atoms with E-state index in [9.17, 15) is 0 Å². The second-order valence-corrected chi connectivity index (χ2v) is 6.34. The van der Waals surface area contributed by atoms with E-state index in [-0.39, 0.29) is 6.10 Å². The molecular formula is C17H29N3O. The van der Waals surface area contributed by atoms with Gasteiger partial charge in [0.2, 0.25) is 0 Å². The Balaban J connectivity index is 2.29. The number of rotatable bonds is 5. The first-order valence-corrected chi connectivity index (χ1v) is 8.11. The van der Waals surface area contributed by atoms with E-state index in [1.807, 2.05) is 0 Å². The van der Waals surface area contributed by atoms with Gasteiger partial charge in [-0.3, -0.25) is 0 Å².